The first kappa shape index (κ1) is 16.4. The number of hydrogen-bond donors (Lipinski definition) is 0. The van der Waals surface area contributed by atoms with Crippen LogP contribution in [0.15, 0.2) is 22.0 Å². The van der Waals surface area contributed by atoms with Crippen molar-refractivity contribution in [2.24, 2.45) is 0 Å². The molecule has 118 valence electrons. The fourth-order valence-corrected chi connectivity index (χ4v) is 3.06. The number of rotatable bonds is 7. The summed E-state index contributed by atoms with van der Waals surface area (Å²) in [6, 6.07) is 2.24. The maximum Gasteiger partial charge on any atom is 0.387 e. The fraction of sp³-hybridized carbons (Fsp3) is 0.273. The molecule has 0 atom stereocenters. The quantitative estimate of drug-likeness (QED) is 0.430. The molecule has 0 saturated carbocycles. The van der Waals surface area contributed by atoms with Gasteiger partial charge in [-0.1, -0.05) is 23.1 Å². The molecule has 11 heteroatoms. The first-order chi connectivity index (χ1) is 10.5. The maximum atomic E-state index is 12.3. The van der Waals surface area contributed by atoms with Gasteiger partial charge in [-0.05, 0) is 6.07 Å². The van der Waals surface area contributed by atoms with Gasteiger partial charge in [0, 0.05) is 11.3 Å². The highest BCUT2D eigenvalue weighted by Crippen LogP contribution is 2.38. The molecule has 0 bridgehead atoms. The van der Waals surface area contributed by atoms with E-state index < -0.39 is 11.5 Å². The molecule has 0 radical (unpaired) electrons. The second kappa shape index (κ2) is 7.31. The van der Waals surface area contributed by atoms with Gasteiger partial charge in [-0.15, -0.1) is 10.2 Å². The van der Waals surface area contributed by atoms with Crippen molar-refractivity contribution in [3.63, 3.8) is 0 Å². The number of nitro groups is 1. The van der Waals surface area contributed by atoms with E-state index in [1.807, 2.05) is 0 Å². The SMILES string of the molecule is COc1cc(CSc2nncs2)c([N+](=O)[O-])cc1OC(F)F. The number of halogens is 2. The molecule has 0 N–H and O–H groups in total. The second-order valence-corrected chi connectivity index (χ2v) is 5.82. The molecule has 2 rings (SSSR count). The van der Waals surface area contributed by atoms with Gasteiger partial charge in [0.05, 0.1) is 18.1 Å². The van der Waals surface area contributed by atoms with E-state index in [0.717, 1.165) is 6.07 Å². The number of methoxy groups -OCH3 is 1. The van der Waals surface area contributed by atoms with Crippen LogP contribution in [0.4, 0.5) is 14.5 Å². The van der Waals surface area contributed by atoms with Gasteiger partial charge < -0.3 is 9.47 Å². The van der Waals surface area contributed by atoms with Crippen LogP contribution < -0.4 is 9.47 Å². The van der Waals surface area contributed by atoms with Crippen LogP contribution in [0.2, 0.25) is 0 Å². The molecule has 0 aliphatic heterocycles. The van der Waals surface area contributed by atoms with Crippen molar-refractivity contribution in [3.8, 4) is 11.5 Å². The third kappa shape index (κ3) is 4.01. The molecule has 0 aliphatic carbocycles. The molecule has 1 heterocycles. The van der Waals surface area contributed by atoms with E-state index in [4.69, 9.17) is 4.74 Å². The Hall–Kier alpha value is -2.01. The predicted molar refractivity (Wildman–Crippen MR) is 75.8 cm³/mol. The Labute approximate surface area is 131 Å². The van der Waals surface area contributed by atoms with Gasteiger partial charge in [0.2, 0.25) is 0 Å². The summed E-state index contributed by atoms with van der Waals surface area (Å²) in [5.41, 5.74) is 1.52. The molecule has 0 unspecified atom stereocenters. The van der Waals surface area contributed by atoms with E-state index in [1.54, 1.807) is 0 Å². The van der Waals surface area contributed by atoms with Crippen molar-refractivity contribution < 1.29 is 23.2 Å². The molecular formula is C11H9F2N3O4S2. The minimum atomic E-state index is -3.10. The summed E-state index contributed by atoms with van der Waals surface area (Å²) in [7, 11) is 1.27. The third-order valence-corrected chi connectivity index (χ3v) is 4.38. The number of ether oxygens (including phenoxy) is 2. The van der Waals surface area contributed by atoms with Crippen molar-refractivity contribution in [1.29, 1.82) is 0 Å². The summed E-state index contributed by atoms with van der Waals surface area (Å²) in [4.78, 5) is 10.4. The molecule has 0 aliphatic rings. The van der Waals surface area contributed by atoms with E-state index >= 15 is 0 Å². The molecule has 7 nitrogen and oxygen atoms in total. The first-order valence-corrected chi connectivity index (χ1v) is 7.57. The Morgan fingerprint density at radius 2 is 2.23 bits per heavy atom. The zero-order valence-electron chi connectivity index (χ0n) is 11.1. The van der Waals surface area contributed by atoms with Crippen LogP contribution in [-0.4, -0.2) is 28.8 Å². The normalized spacial score (nSPS) is 10.7. The Kier molecular flexibility index (Phi) is 5.44. The largest absolute Gasteiger partial charge is 0.493 e. The molecule has 2 aromatic rings. The van der Waals surface area contributed by atoms with Gasteiger partial charge in [0.1, 0.15) is 5.51 Å². The lowest BCUT2D eigenvalue weighted by atomic mass is 10.2. The van der Waals surface area contributed by atoms with E-state index in [1.165, 1.54) is 41.8 Å². The second-order valence-electron chi connectivity index (χ2n) is 3.76. The summed E-state index contributed by atoms with van der Waals surface area (Å²) in [5, 5.41) is 18.6. The molecule has 22 heavy (non-hydrogen) atoms. The average molecular weight is 349 g/mol. The van der Waals surface area contributed by atoms with Crippen LogP contribution in [0.25, 0.3) is 0 Å². The minimum absolute atomic E-state index is 0.00114. The van der Waals surface area contributed by atoms with Crippen molar-refractivity contribution in [3.05, 3.63) is 33.3 Å². The molecular weight excluding hydrogens is 340 g/mol. The number of thioether (sulfide) groups is 1. The standard InChI is InChI=1S/C11H9F2N3O4S2/c1-19-8-2-6(4-21-11-15-14-5-22-11)7(16(17)18)3-9(8)20-10(12)13/h2-3,5,10H,4H2,1H3. The molecule has 0 spiro atoms. The summed E-state index contributed by atoms with van der Waals surface area (Å²) in [6.45, 7) is -3.10. The molecule has 1 aromatic heterocycles. The van der Waals surface area contributed by atoms with Gasteiger partial charge in [0.25, 0.3) is 5.69 Å². The molecule has 1 aromatic carbocycles. The van der Waals surface area contributed by atoms with Crippen LogP contribution in [0.5, 0.6) is 11.5 Å². The van der Waals surface area contributed by atoms with Gasteiger partial charge >= 0.3 is 6.61 Å². The zero-order valence-corrected chi connectivity index (χ0v) is 12.7. The highest BCUT2D eigenvalue weighted by atomic mass is 32.2. The summed E-state index contributed by atoms with van der Waals surface area (Å²) < 4.78 is 34.5. The smallest absolute Gasteiger partial charge is 0.387 e. The lowest BCUT2D eigenvalue weighted by Crippen LogP contribution is -2.05. The monoisotopic (exact) mass is 349 g/mol. The van der Waals surface area contributed by atoms with Crippen molar-refractivity contribution >= 4 is 28.8 Å². The number of hydrogen-bond acceptors (Lipinski definition) is 8. The number of alkyl halides is 2. The van der Waals surface area contributed by atoms with Crippen molar-refractivity contribution in [2.45, 2.75) is 16.7 Å². The predicted octanol–water partition coefficient (Wildman–Crippen LogP) is 3.35. The van der Waals surface area contributed by atoms with Gasteiger partial charge in [-0.2, -0.15) is 8.78 Å². The van der Waals surface area contributed by atoms with Crippen molar-refractivity contribution in [1.82, 2.24) is 10.2 Å². The van der Waals surface area contributed by atoms with Gasteiger partial charge in [0.15, 0.2) is 15.8 Å². The Morgan fingerprint density at radius 1 is 1.45 bits per heavy atom. The molecule has 0 saturated heterocycles. The van der Waals surface area contributed by atoms with Crippen LogP contribution in [0, 0.1) is 10.1 Å². The summed E-state index contributed by atoms with van der Waals surface area (Å²) in [5.74, 6) is -0.163. The Balaban J connectivity index is 2.32. The number of nitrogens with zero attached hydrogens (tertiary/aromatic N) is 3. The Morgan fingerprint density at radius 3 is 2.77 bits per heavy atom. The van der Waals surface area contributed by atoms with E-state index in [0.29, 0.717) is 9.90 Å². The lowest BCUT2D eigenvalue weighted by molar-refractivity contribution is -0.385. The number of benzene rings is 1. The number of aromatic nitrogens is 2. The first-order valence-electron chi connectivity index (χ1n) is 5.70. The van der Waals surface area contributed by atoms with Crippen LogP contribution in [-0.2, 0) is 5.75 Å². The van der Waals surface area contributed by atoms with E-state index in [-0.39, 0.29) is 22.9 Å². The van der Waals surface area contributed by atoms with E-state index in [9.17, 15) is 18.9 Å². The summed E-state index contributed by atoms with van der Waals surface area (Å²) in [6.07, 6.45) is 0. The van der Waals surface area contributed by atoms with Gasteiger partial charge in [-0.3, -0.25) is 10.1 Å². The molecule has 0 amide bonds. The minimum Gasteiger partial charge on any atom is -0.493 e. The van der Waals surface area contributed by atoms with Gasteiger partial charge in [-0.25, -0.2) is 0 Å². The number of nitro benzene ring substituents is 1. The maximum absolute atomic E-state index is 12.3. The summed E-state index contributed by atoms with van der Waals surface area (Å²) >= 11 is 2.54. The Bertz CT molecular complexity index is 655. The highest BCUT2D eigenvalue weighted by Gasteiger charge is 2.22. The zero-order chi connectivity index (χ0) is 16.1. The van der Waals surface area contributed by atoms with Crippen LogP contribution in [0.1, 0.15) is 5.56 Å². The van der Waals surface area contributed by atoms with Crippen molar-refractivity contribution in [2.75, 3.05) is 7.11 Å². The van der Waals surface area contributed by atoms with E-state index in [2.05, 4.69) is 14.9 Å². The van der Waals surface area contributed by atoms with Crippen LogP contribution >= 0.6 is 23.1 Å². The van der Waals surface area contributed by atoms with Crippen LogP contribution in [0.3, 0.4) is 0 Å². The lowest BCUT2D eigenvalue weighted by Gasteiger charge is -2.11. The topological polar surface area (TPSA) is 87.4 Å². The average Bonchev–Trinajstić information content (AvgIpc) is 2.98. The fourth-order valence-electron chi connectivity index (χ4n) is 1.59. The highest BCUT2D eigenvalue weighted by molar-refractivity contribution is 8.00. The molecule has 0 fully saturated rings. The third-order valence-electron chi connectivity index (χ3n) is 2.47.